The molecule has 2 aromatic rings. The molecule has 0 spiro atoms. The van der Waals surface area contributed by atoms with Crippen LogP contribution in [-0.2, 0) is 6.54 Å². The van der Waals surface area contributed by atoms with Gasteiger partial charge in [0.15, 0.2) is 0 Å². The Morgan fingerprint density at radius 1 is 1.32 bits per heavy atom. The van der Waals surface area contributed by atoms with E-state index in [-0.39, 0.29) is 6.10 Å². The lowest BCUT2D eigenvalue weighted by molar-refractivity contribution is 0.217. The first-order valence-electron chi connectivity index (χ1n) is 6.66. The highest BCUT2D eigenvalue weighted by Gasteiger charge is 2.10. The maximum Gasteiger partial charge on any atom is 0.119 e. The quantitative estimate of drug-likeness (QED) is 0.867. The molecule has 0 aliphatic carbocycles. The summed E-state index contributed by atoms with van der Waals surface area (Å²) in [6.45, 7) is 6.69. The fraction of sp³-hybridized carbons (Fsp3) is 0.400. The molecule has 2 rings (SSSR count). The van der Waals surface area contributed by atoms with E-state index in [0.717, 1.165) is 34.7 Å². The standard InChI is InChI=1S/C15H21N3O/c1-4-10(2)19-13-7-5-12(6-8-13)15-11(3)14(9-16)17-18-15/h5-8,10H,4,9,16H2,1-3H3,(H,17,18). The molecule has 1 aromatic carbocycles. The second-order valence-electron chi connectivity index (χ2n) is 4.74. The molecule has 4 heteroatoms. The number of hydrogen-bond donors (Lipinski definition) is 2. The highest BCUT2D eigenvalue weighted by molar-refractivity contribution is 5.64. The Balaban J connectivity index is 2.20. The van der Waals surface area contributed by atoms with E-state index in [1.165, 1.54) is 0 Å². The van der Waals surface area contributed by atoms with Crippen LogP contribution >= 0.6 is 0 Å². The van der Waals surface area contributed by atoms with E-state index >= 15 is 0 Å². The van der Waals surface area contributed by atoms with Crippen LogP contribution in [0.3, 0.4) is 0 Å². The normalized spacial score (nSPS) is 12.4. The summed E-state index contributed by atoms with van der Waals surface area (Å²) in [6, 6.07) is 8.03. The smallest absolute Gasteiger partial charge is 0.119 e. The van der Waals surface area contributed by atoms with Crippen LogP contribution in [-0.4, -0.2) is 16.3 Å². The molecule has 1 heterocycles. The molecule has 0 saturated heterocycles. The van der Waals surface area contributed by atoms with E-state index in [1.807, 2.05) is 31.2 Å². The molecule has 0 aliphatic rings. The van der Waals surface area contributed by atoms with Crippen molar-refractivity contribution in [3.05, 3.63) is 35.5 Å². The molecule has 1 unspecified atom stereocenters. The van der Waals surface area contributed by atoms with Crippen LogP contribution in [0.4, 0.5) is 0 Å². The molecular weight excluding hydrogens is 238 g/mol. The summed E-state index contributed by atoms with van der Waals surface area (Å²) in [4.78, 5) is 0. The van der Waals surface area contributed by atoms with Gasteiger partial charge in [0.2, 0.25) is 0 Å². The van der Waals surface area contributed by atoms with Crippen LogP contribution in [0.1, 0.15) is 31.5 Å². The third-order valence-corrected chi connectivity index (χ3v) is 3.35. The maximum absolute atomic E-state index is 5.76. The van der Waals surface area contributed by atoms with Crippen molar-refractivity contribution in [3.63, 3.8) is 0 Å². The van der Waals surface area contributed by atoms with Crippen molar-refractivity contribution in [2.75, 3.05) is 0 Å². The molecule has 0 radical (unpaired) electrons. The summed E-state index contributed by atoms with van der Waals surface area (Å²) in [6.07, 6.45) is 1.24. The number of aromatic nitrogens is 2. The molecule has 4 nitrogen and oxygen atoms in total. The Bertz CT molecular complexity index is 531. The highest BCUT2D eigenvalue weighted by Crippen LogP contribution is 2.25. The molecule has 102 valence electrons. The molecule has 1 atom stereocenters. The third kappa shape index (κ3) is 2.96. The van der Waals surface area contributed by atoms with Crippen LogP contribution in [0.5, 0.6) is 5.75 Å². The molecule has 1 aromatic heterocycles. The van der Waals surface area contributed by atoms with Gasteiger partial charge in [-0.05, 0) is 50.1 Å². The van der Waals surface area contributed by atoms with E-state index in [0.29, 0.717) is 6.54 Å². The number of nitrogens with two attached hydrogens (primary N) is 1. The van der Waals surface area contributed by atoms with Crippen molar-refractivity contribution in [1.82, 2.24) is 10.2 Å². The van der Waals surface area contributed by atoms with E-state index in [9.17, 15) is 0 Å². The van der Waals surface area contributed by atoms with Crippen LogP contribution < -0.4 is 10.5 Å². The number of aromatic amines is 1. The lowest BCUT2D eigenvalue weighted by Crippen LogP contribution is -2.09. The van der Waals surface area contributed by atoms with Crippen molar-refractivity contribution < 1.29 is 4.74 Å². The zero-order chi connectivity index (χ0) is 13.8. The van der Waals surface area contributed by atoms with Crippen molar-refractivity contribution in [1.29, 1.82) is 0 Å². The highest BCUT2D eigenvalue weighted by atomic mass is 16.5. The average Bonchev–Trinajstić information content (AvgIpc) is 2.80. The van der Waals surface area contributed by atoms with Gasteiger partial charge in [0.05, 0.1) is 17.5 Å². The SMILES string of the molecule is CCC(C)Oc1ccc(-c2n[nH]c(CN)c2C)cc1. The number of rotatable bonds is 5. The van der Waals surface area contributed by atoms with Gasteiger partial charge in [-0.2, -0.15) is 5.10 Å². The lowest BCUT2D eigenvalue weighted by Gasteiger charge is -2.12. The fourth-order valence-corrected chi connectivity index (χ4v) is 1.92. The van der Waals surface area contributed by atoms with Gasteiger partial charge in [-0.3, -0.25) is 5.10 Å². The maximum atomic E-state index is 5.76. The van der Waals surface area contributed by atoms with Gasteiger partial charge in [-0.1, -0.05) is 6.92 Å². The molecule has 0 aliphatic heterocycles. The first-order chi connectivity index (χ1) is 9.15. The summed E-state index contributed by atoms with van der Waals surface area (Å²) in [5, 5.41) is 7.29. The summed E-state index contributed by atoms with van der Waals surface area (Å²) < 4.78 is 5.76. The minimum atomic E-state index is 0.238. The Hall–Kier alpha value is -1.81. The lowest BCUT2D eigenvalue weighted by atomic mass is 10.1. The second kappa shape index (κ2) is 5.89. The Labute approximate surface area is 114 Å². The molecular formula is C15H21N3O. The summed E-state index contributed by atoms with van der Waals surface area (Å²) >= 11 is 0. The molecule has 0 fully saturated rings. The van der Waals surface area contributed by atoms with Gasteiger partial charge in [-0.15, -0.1) is 0 Å². The van der Waals surface area contributed by atoms with Crippen LogP contribution in [0.15, 0.2) is 24.3 Å². The predicted octanol–water partition coefficient (Wildman–Crippen LogP) is 3.02. The summed E-state index contributed by atoms with van der Waals surface area (Å²) in [5.41, 5.74) is 9.76. The zero-order valence-electron chi connectivity index (χ0n) is 11.7. The van der Waals surface area contributed by atoms with E-state index < -0.39 is 0 Å². The van der Waals surface area contributed by atoms with Crippen LogP contribution in [0, 0.1) is 6.92 Å². The topological polar surface area (TPSA) is 63.9 Å². The number of nitrogens with one attached hydrogen (secondary N) is 1. The van der Waals surface area contributed by atoms with Crippen molar-refractivity contribution in [2.24, 2.45) is 5.73 Å². The number of ether oxygens (including phenoxy) is 1. The van der Waals surface area contributed by atoms with Gasteiger partial charge in [0.1, 0.15) is 5.75 Å². The van der Waals surface area contributed by atoms with Gasteiger partial charge in [0, 0.05) is 12.1 Å². The molecule has 3 N–H and O–H groups in total. The molecule has 0 amide bonds. The van der Waals surface area contributed by atoms with Gasteiger partial charge in [-0.25, -0.2) is 0 Å². The Morgan fingerprint density at radius 2 is 2.00 bits per heavy atom. The Kier molecular flexibility index (Phi) is 4.22. The van der Waals surface area contributed by atoms with Crippen molar-refractivity contribution in [2.45, 2.75) is 39.8 Å². The van der Waals surface area contributed by atoms with Gasteiger partial charge in [0.25, 0.3) is 0 Å². The van der Waals surface area contributed by atoms with E-state index in [2.05, 4.69) is 24.0 Å². The first kappa shape index (κ1) is 13.6. The third-order valence-electron chi connectivity index (χ3n) is 3.35. The van der Waals surface area contributed by atoms with Crippen molar-refractivity contribution >= 4 is 0 Å². The monoisotopic (exact) mass is 259 g/mol. The average molecular weight is 259 g/mol. The predicted molar refractivity (Wildman–Crippen MR) is 77.0 cm³/mol. The number of benzene rings is 1. The minimum absolute atomic E-state index is 0.238. The number of H-pyrrole nitrogens is 1. The summed E-state index contributed by atoms with van der Waals surface area (Å²) in [7, 11) is 0. The Morgan fingerprint density at radius 3 is 2.53 bits per heavy atom. The zero-order valence-corrected chi connectivity index (χ0v) is 11.7. The fourth-order valence-electron chi connectivity index (χ4n) is 1.92. The molecule has 0 saturated carbocycles. The first-order valence-corrected chi connectivity index (χ1v) is 6.66. The largest absolute Gasteiger partial charge is 0.491 e. The molecule has 0 bridgehead atoms. The van der Waals surface area contributed by atoms with Gasteiger partial charge < -0.3 is 10.5 Å². The number of hydrogen-bond acceptors (Lipinski definition) is 3. The van der Waals surface area contributed by atoms with Crippen molar-refractivity contribution in [3.8, 4) is 17.0 Å². The van der Waals surface area contributed by atoms with Crippen LogP contribution in [0.2, 0.25) is 0 Å². The minimum Gasteiger partial charge on any atom is -0.491 e. The number of nitrogens with zero attached hydrogens (tertiary/aromatic N) is 1. The molecule has 19 heavy (non-hydrogen) atoms. The van der Waals surface area contributed by atoms with E-state index in [4.69, 9.17) is 10.5 Å². The summed E-state index contributed by atoms with van der Waals surface area (Å²) in [5.74, 6) is 0.894. The second-order valence-corrected chi connectivity index (χ2v) is 4.74. The van der Waals surface area contributed by atoms with Gasteiger partial charge >= 0.3 is 0 Å². The van der Waals surface area contributed by atoms with E-state index in [1.54, 1.807) is 0 Å². The van der Waals surface area contributed by atoms with Crippen LogP contribution in [0.25, 0.3) is 11.3 Å².